The monoisotopic (exact) mass is 664 g/mol. The minimum Gasteiger partial charge on any atom is -0.507 e. The van der Waals surface area contributed by atoms with Gasteiger partial charge in [0.1, 0.15) is 5.75 Å². The second kappa shape index (κ2) is 11.6. The van der Waals surface area contributed by atoms with Crippen LogP contribution in [-0.2, 0) is 24.6 Å². The Balaban J connectivity index is 1.34. The molecule has 1 N–H and O–H groups in total. The fraction of sp³-hybridized carbons (Fsp3) is 0.220. The number of aryl methyl sites for hydroxylation is 1. The number of phenolic OH excluding ortho intramolecular Hbond substituents is 1. The third-order valence-electron chi connectivity index (χ3n) is 11.3. The SMILES string of the molecule is Cc1cccc([C@H]2C3=CC[C@@H]4C(=O)N(c5ccc([N+](=O)[O-])cc5)C(=O)[C@@H]4[C@@H]3C[C@H]3C(=O)C(c4ccccc4)=CC(=O)[C@@]23c2ccccc2)c1O. The molecule has 248 valence electrons. The van der Waals surface area contributed by atoms with Gasteiger partial charge in [-0.25, -0.2) is 0 Å². The molecule has 50 heavy (non-hydrogen) atoms. The van der Waals surface area contributed by atoms with Crippen LogP contribution in [0.1, 0.15) is 41.0 Å². The van der Waals surface area contributed by atoms with E-state index in [4.69, 9.17) is 0 Å². The van der Waals surface area contributed by atoms with Gasteiger partial charge in [-0.1, -0.05) is 90.5 Å². The summed E-state index contributed by atoms with van der Waals surface area (Å²) in [5.74, 6) is -5.26. The number of amides is 2. The number of allylic oxidation sites excluding steroid dienone is 4. The highest BCUT2D eigenvalue weighted by Crippen LogP contribution is 2.64. The largest absolute Gasteiger partial charge is 0.507 e. The van der Waals surface area contributed by atoms with Crippen LogP contribution in [0.2, 0.25) is 0 Å². The number of anilines is 1. The summed E-state index contributed by atoms with van der Waals surface area (Å²) in [6, 6.07) is 29.0. The van der Waals surface area contributed by atoms with Crippen molar-refractivity contribution in [2.24, 2.45) is 23.7 Å². The van der Waals surface area contributed by atoms with Crippen LogP contribution in [0.4, 0.5) is 11.4 Å². The van der Waals surface area contributed by atoms with Crippen LogP contribution < -0.4 is 4.90 Å². The maximum absolute atomic E-state index is 15.1. The van der Waals surface area contributed by atoms with Crippen LogP contribution in [0.5, 0.6) is 5.75 Å². The summed E-state index contributed by atoms with van der Waals surface area (Å²) in [5, 5.41) is 23.0. The quantitative estimate of drug-likeness (QED) is 0.109. The molecule has 6 atom stereocenters. The first-order valence-corrected chi connectivity index (χ1v) is 16.7. The van der Waals surface area contributed by atoms with Crippen LogP contribution in [0.3, 0.4) is 0 Å². The number of nitrogens with zero attached hydrogens (tertiary/aromatic N) is 2. The number of hydrogen-bond acceptors (Lipinski definition) is 7. The molecule has 9 heteroatoms. The second-order valence-corrected chi connectivity index (χ2v) is 13.6. The summed E-state index contributed by atoms with van der Waals surface area (Å²) in [6.45, 7) is 1.78. The molecule has 0 spiro atoms. The van der Waals surface area contributed by atoms with Crippen LogP contribution >= 0.6 is 0 Å². The van der Waals surface area contributed by atoms with E-state index < -0.39 is 51.7 Å². The van der Waals surface area contributed by atoms with Crippen LogP contribution in [0.25, 0.3) is 5.57 Å². The van der Waals surface area contributed by atoms with Gasteiger partial charge in [0.25, 0.3) is 5.69 Å². The van der Waals surface area contributed by atoms with Crippen LogP contribution in [0.15, 0.2) is 121 Å². The van der Waals surface area contributed by atoms with Crippen molar-refractivity contribution in [3.05, 3.63) is 153 Å². The van der Waals surface area contributed by atoms with Gasteiger partial charge in [0.05, 0.1) is 27.9 Å². The molecule has 1 saturated heterocycles. The van der Waals surface area contributed by atoms with Crippen LogP contribution in [0, 0.1) is 40.7 Å². The molecule has 0 unspecified atom stereocenters. The van der Waals surface area contributed by atoms with E-state index in [0.717, 1.165) is 10.5 Å². The van der Waals surface area contributed by atoms with Gasteiger partial charge in [0.15, 0.2) is 11.6 Å². The van der Waals surface area contributed by atoms with Crippen molar-refractivity contribution in [2.75, 3.05) is 4.90 Å². The maximum Gasteiger partial charge on any atom is 0.269 e. The van der Waals surface area contributed by atoms with Crippen molar-refractivity contribution >= 4 is 40.3 Å². The third kappa shape index (κ3) is 4.39. The Kier molecular flexibility index (Phi) is 7.25. The lowest BCUT2D eigenvalue weighted by molar-refractivity contribution is -0.384. The Morgan fingerprint density at radius 1 is 0.820 bits per heavy atom. The van der Waals surface area contributed by atoms with Gasteiger partial charge < -0.3 is 5.11 Å². The topological polar surface area (TPSA) is 135 Å². The molecule has 4 aliphatic rings. The molecule has 1 saturated carbocycles. The average molecular weight is 665 g/mol. The van der Waals surface area contributed by atoms with Crippen molar-refractivity contribution in [2.45, 2.75) is 31.1 Å². The number of non-ortho nitro benzene ring substituents is 1. The molecule has 2 fully saturated rings. The molecule has 0 radical (unpaired) electrons. The summed E-state index contributed by atoms with van der Waals surface area (Å²) >= 11 is 0. The number of para-hydroxylation sites is 1. The number of hydrogen-bond donors (Lipinski definition) is 1. The molecule has 9 nitrogen and oxygen atoms in total. The fourth-order valence-corrected chi connectivity index (χ4v) is 9.11. The first-order chi connectivity index (χ1) is 24.1. The van der Waals surface area contributed by atoms with Crippen LogP contribution in [-0.4, -0.2) is 33.4 Å². The smallest absolute Gasteiger partial charge is 0.269 e. The number of fused-ring (bicyclic) bond motifs is 4. The number of carbonyl (C=O) groups excluding carboxylic acids is 4. The van der Waals surface area contributed by atoms with Gasteiger partial charge in [-0.15, -0.1) is 0 Å². The van der Waals surface area contributed by atoms with Crippen molar-refractivity contribution in [1.29, 1.82) is 0 Å². The number of carbonyl (C=O) groups is 4. The lowest BCUT2D eigenvalue weighted by atomic mass is 9.44. The molecule has 0 aromatic heterocycles. The van der Waals surface area contributed by atoms with Gasteiger partial charge in [0.2, 0.25) is 11.8 Å². The summed E-state index contributed by atoms with van der Waals surface area (Å²) in [5.41, 5.74) is 2.00. The summed E-state index contributed by atoms with van der Waals surface area (Å²) in [7, 11) is 0. The molecule has 4 aromatic carbocycles. The lowest BCUT2D eigenvalue weighted by Gasteiger charge is -2.55. The maximum atomic E-state index is 15.1. The van der Waals surface area contributed by atoms with E-state index in [1.807, 2.05) is 60.7 Å². The molecule has 4 aromatic rings. The number of benzene rings is 4. The predicted molar refractivity (Wildman–Crippen MR) is 185 cm³/mol. The van der Waals surface area contributed by atoms with E-state index in [1.54, 1.807) is 31.2 Å². The molecule has 1 aliphatic heterocycles. The highest BCUT2D eigenvalue weighted by Gasteiger charge is 2.66. The minimum absolute atomic E-state index is 0.00893. The zero-order chi connectivity index (χ0) is 34.9. The Labute approximate surface area is 287 Å². The standard InChI is InChI=1S/C41H32N2O7/c1-23-9-8-14-30(37(23)45)36-28-19-20-29-35(40(48)42(39(29)47)26-15-17-27(18-16-26)43(49)50)32(28)21-33-38(46)31(24-10-4-2-5-11-24)22-34(44)41(33,36)25-12-6-3-7-13-25/h2-19,22,29,32-33,35-36,45H,20-21H2,1H3/t29-,32+,33-,35-,36+,41-/m0/s1. The number of nitro groups is 1. The van der Waals surface area contributed by atoms with Crippen molar-refractivity contribution in [3.63, 3.8) is 0 Å². The minimum atomic E-state index is -1.44. The van der Waals surface area contributed by atoms with Crippen molar-refractivity contribution in [1.82, 2.24) is 0 Å². The molecule has 8 rings (SSSR count). The van der Waals surface area contributed by atoms with Crippen molar-refractivity contribution in [3.8, 4) is 5.75 Å². The molecule has 0 bridgehead atoms. The molecule has 1 heterocycles. The van der Waals surface area contributed by atoms with E-state index in [1.165, 1.54) is 30.3 Å². The number of phenols is 1. The highest BCUT2D eigenvalue weighted by atomic mass is 16.6. The Hall–Kier alpha value is -5.96. The van der Waals surface area contributed by atoms with Gasteiger partial charge in [-0.3, -0.25) is 34.2 Å². The summed E-state index contributed by atoms with van der Waals surface area (Å²) in [4.78, 5) is 70.4. The van der Waals surface area contributed by atoms with Gasteiger partial charge >= 0.3 is 0 Å². The number of nitro benzene ring substituents is 1. The zero-order valence-corrected chi connectivity index (χ0v) is 27.1. The molecular formula is C41H32N2O7. The first kappa shape index (κ1) is 31.3. The lowest BCUT2D eigenvalue weighted by Crippen LogP contribution is -2.58. The Morgan fingerprint density at radius 2 is 1.50 bits per heavy atom. The third-order valence-corrected chi connectivity index (χ3v) is 11.3. The number of rotatable bonds is 5. The number of aromatic hydroxyl groups is 1. The van der Waals surface area contributed by atoms with Gasteiger partial charge in [-0.2, -0.15) is 0 Å². The summed E-state index contributed by atoms with van der Waals surface area (Å²) in [6.07, 6.45) is 3.75. The van der Waals surface area contributed by atoms with E-state index in [-0.39, 0.29) is 41.5 Å². The Morgan fingerprint density at radius 3 is 2.18 bits per heavy atom. The predicted octanol–water partition coefficient (Wildman–Crippen LogP) is 6.64. The number of Topliss-reactive ketones (excluding diaryl/α,β-unsaturated/α-hetero) is 1. The normalized spacial score (nSPS) is 27.2. The number of ketones is 2. The van der Waals surface area contributed by atoms with Gasteiger partial charge in [0, 0.05) is 35.1 Å². The first-order valence-electron chi connectivity index (χ1n) is 16.7. The number of imide groups is 1. The zero-order valence-electron chi connectivity index (χ0n) is 27.1. The Bertz CT molecular complexity index is 2170. The van der Waals surface area contributed by atoms with E-state index in [9.17, 15) is 29.6 Å². The summed E-state index contributed by atoms with van der Waals surface area (Å²) < 4.78 is 0. The second-order valence-electron chi connectivity index (χ2n) is 13.6. The molecular weight excluding hydrogens is 632 g/mol. The van der Waals surface area contributed by atoms with Gasteiger partial charge in [-0.05, 0) is 60.6 Å². The van der Waals surface area contributed by atoms with Crippen molar-refractivity contribution < 1.29 is 29.2 Å². The molecule has 2 amide bonds. The fourth-order valence-electron chi connectivity index (χ4n) is 9.11. The molecule has 3 aliphatic carbocycles. The highest BCUT2D eigenvalue weighted by molar-refractivity contribution is 6.32. The average Bonchev–Trinajstić information content (AvgIpc) is 3.39. The van der Waals surface area contributed by atoms with E-state index in [0.29, 0.717) is 27.8 Å². The van der Waals surface area contributed by atoms with E-state index in [2.05, 4.69) is 0 Å². The van der Waals surface area contributed by atoms with E-state index >= 15 is 4.79 Å².